The maximum atomic E-state index is 13.6. The molecule has 2 aliphatic rings. The number of hydrogen-bond acceptors (Lipinski definition) is 6. The minimum atomic E-state index is -0.843. The molecule has 2 saturated heterocycles. The number of ether oxygens (including phenoxy) is 2. The number of aromatic amines is 1. The molecule has 0 bridgehead atoms. The van der Waals surface area contributed by atoms with Gasteiger partial charge in [0, 0.05) is 38.0 Å². The maximum Gasteiger partial charge on any atom is 0.288 e. The number of anilines is 1. The fourth-order valence-electron chi connectivity index (χ4n) is 4.35. The lowest BCUT2D eigenvalue weighted by Crippen LogP contribution is -2.35. The molecule has 2 fully saturated rings. The van der Waals surface area contributed by atoms with E-state index in [2.05, 4.69) is 9.97 Å². The van der Waals surface area contributed by atoms with Gasteiger partial charge in [-0.1, -0.05) is 6.07 Å². The smallest absolute Gasteiger partial charge is 0.288 e. The summed E-state index contributed by atoms with van der Waals surface area (Å²) in [5.41, 5.74) is 0.221. The number of carbonyl (C=O) groups excluding carboxylic acids is 1. The summed E-state index contributed by atoms with van der Waals surface area (Å²) in [6.07, 6.45) is 0.301. The molecule has 0 saturated carbocycles. The van der Waals surface area contributed by atoms with Gasteiger partial charge < -0.3 is 19.3 Å². The van der Waals surface area contributed by atoms with Gasteiger partial charge >= 0.3 is 0 Å². The molecule has 1 N–H and O–H groups in total. The molecular formula is C21H25FN4O4. The third-order valence-electron chi connectivity index (χ3n) is 5.96. The molecule has 1 aromatic heterocycles. The molecule has 0 radical (unpaired) electrons. The van der Waals surface area contributed by atoms with Crippen LogP contribution in [0.1, 0.15) is 11.3 Å². The van der Waals surface area contributed by atoms with Crippen LogP contribution < -0.4 is 19.9 Å². The monoisotopic (exact) mass is 416 g/mol. The van der Waals surface area contributed by atoms with Crippen LogP contribution in [0.4, 0.5) is 10.3 Å². The van der Waals surface area contributed by atoms with E-state index in [1.54, 1.807) is 20.3 Å². The Morgan fingerprint density at radius 2 is 1.83 bits per heavy atom. The normalized spacial score (nSPS) is 20.4. The molecule has 3 heterocycles. The van der Waals surface area contributed by atoms with E-state index in [1.807, 2.05) is 21.9 Å². The summed E-state index contributed by atoms with van der Waals surface area (Å²) in [5.74, 6) is 1.47. The number of halogens is 1. The number of rotatable bonds is 5. The number of methoxy groups -OCH3 is 2. The fraction of sp³-hybridized carbons (Fsp3) is 0.476. The lowest BCUT2D eigenvalue weighted by molar-refractivity contribution is -0.129. The van der Waals surface area contributed by atoms with Gasteiger partial charge in [0.25, 0.3) is 5.56 Å². The Bertz CT molecular complexity index is 1010. The van der Waals surface area contributed by atoms with Crippen molar-refractivity contribution in [3.05, 3.63) is 45.6 Å². The zero-order valence-corrected chi connectivity index (χ0v) is 17.3. The van der Waals surface area contributed by atoms with Crippen molar-refractivity contribution in [2.75, 3.05) is 45.3 Å². The first-order valence-electron chi connectivity index (χ1n) is 9.89. The topological polar surface area (TPSA) is 87.8 Å². The van der Waals surface area contributed by atoms with Crippen LogP contribution in [0, 0.1) is 24.6 Å². The van der Waals surface area contributed by atoms with Crippen molar-refractivity contribution in [1.82, 2.24) is 14.9 Å². The highest BCUT2D eigenvalue weighted by molar-refractivity contribution is 5.79. The van der Waals surface area contributed by atoms with E-state index >= 15 is 0 Å². The van der Waals surface area contributed by atoms with Crippen LogP contribution in [0.25, 0.3) is 0 Å². The Kier molecular flexibility index (Phi) is 5.36. The second-order valence-corrected chi connectivity index (χ2v) is 7.88. The highest BCUT2D eigenvalue weighted by Gasteiger charge is 2.42. The predicted molar refractivity (Wildman–Crippen MR) is 109 cm³/mol. The molecule has 30 heavy (non-hydrogen) atoms. The van der Waals surface area contributed by atoms with E-state index in [1.165, 1.54) is 6.92 Å². The van der Waals surface area contributed by atoms with Crippen LogP contribution in [0.3, 0.4) is 0 Å². The van der Waals surface area contributed by atoms with E-state index in [0.717, 1.165) is 5.56 Å². The van der Waals surface area contributed by atoms with Crippen LogP contribution in [0.5, 0.6) is 11.5 Å². The zero-order valence-electron chi connectivity index (χ0n) is 17.3. The minimum Gasteiger partial charge on any atom is -0.493 e. The zero-order chi connectivity index (χ0) is 21.4. The molecule has 2 aromatic rings. The molecule has 0 aliphatic carbocycles. The number of likely N-dealkylation sites (tertiary alicyclic amines) is 1. The first-order chi connectivity index (χ1) is 14.4. The number of hydrogen-bond donors (Lipinski definition) is 1. The Balaban J connectivity index is 1.38. The van der Waals surface area contributed by atoms with Gasteiger partial charge in [0.2, 0.25) is 17.7 Å². The summed E-state index contributed by atoms with van der Waals surface area (Å²) in [7, 11) is 3.15. The van der Waals surface area contributed by atoms with Gasteiger partial charge in [-0.15, -0.1) is 0 Å². The second kappa shape index (κ2) is 7.97. The molecule has 160 valence electrons. The minimum absolute atomic E-state index is 0.0762. The van der Waals surface area contributed by atoms with Crippen molar-refractivity contribution in [2.45, 2.75) is 13.3 Å². The van der Waals surface area contributed by atoms with Gasteiger partial charge in [0.1, 0.15) is 0 Å². The van der Waals surface area contributed by atoms with Gasteiger partial charge in [-0.25, -0.2) is 4.98 Å². The third kappa shape index (κ3) is 3.71. The molecule has 8 nitrogen and oxygen atoms in total. The second-order valence-electron chi connectivity index (χ2n) is 7.88. The van der Waals surface area contributed by atoms with Crippen LogP contribution in [0.15, 0.2) is 23.0 Å². The predicted octanol–water partition coefficient (Wildman–Crippen LogP) is 1.37. The number of H-pyrrole nitrogens is 1. The molecule has 1 amide bonds. The Hall–Kier alpha value is -3.10. The summed E-state index contributed by atoms with van der Waals surface area (Å²) < 4.78 is 24.1. The van der Waals surface area contributed by atoms with Crippen LogP contribution >= 0.6 is 0 Å². The van der Waals surface area contributed by atoms with Crippen LogP contribution in [-0.4, -0.2) is 61.2 Å². The number of fused-ring (bicyclic) bond motifs is 1. The average molecular weight is 416 g/mol. The van der Waals surface area contributed by atoms with Crippen molar-refractivity contribution in [3.63, 3.8) is 0 Å². The van der Waals surface area contributed by atoms with E-state index in [4.69, 9.17) is 9.47 Å². The third-order valence-corrected chi connectivity index (χ3v) is 5.96. The number of aromatic nitrogens is 2. The highest BCUT2D eigenvalue weighted by Crippen LogP contribution is 2.33. The number of nitrogens with zero attached hydrogens (tertiary/aromatic N) is 3. The van der Waals surface area contributed by atoms with Gasteiger partial charge in [0.15, 0.2) is 11.5 Å². The summed E-state index contributed by atoms with van der Waals surface area (Å²) in [4.78, 5) is 35.1. The first kappa shape index (κ1) is 20.2. The molecule has 4 rings (SSSR count). The van der Waals surface area contributed by atoms with Gasteiger partial charge in [-0.3, -0.25) is 14.6 Å². The van der Waals surface area contributed by atoms with E-state index in [0.29, 0.717) is 61.9 Å². The van der Waals surface area contributed by atoms with Crippen molar-refractivity contribution >= 4 is 11.9 Å². The Morgan fingerprint density at radius 1 is 1.17 bits per heavy atom. The highest BCUT2D eigenvalue weighted by atomic mass is 19.1. The number of benzene rings is 1. The van der Waals surface area contributed by atoms with Crippen molar-refractivity contribution in [1.29, 1.82) is 0 Å². The fourth-order valence-corrected chi connectivity index (χ4v) is 4.35. The number of carbonyl (C=O) groups is 1. The number of amides is 1. The van der Waals surface area contributed by atoms with Gasteiger partial charge in [-0.05, 0) is 24.6 Å². The summed E-state index contributed by atoms with van der Waals surface area (Å²) in [5, 5.41) is 0. The lowest BCUT2D eigenvalue weighted by Gasteiger charge is -2.22. The summed E-state index contributed by atoms with van der Waals surface area (Å²) >= 11 is 0. The summed E-state index contributed by atoms with van der Waals surface area (Å²) in [6.45, 7) is 4.17. The number of aryl methyl sites for hydroxylation is 1. The van der Waals surface area contributed by atoms with E-state index in [-0.39, 0.29) is 11.6 Å². The van der Waals surface area contributed by atoms with Crippen molar-refractivity contribution < 1.29 is 18.7 Å². The quantitative estimate of drug-likeness (QED) is 0.792. The van der Waals surface area contributed by atoms with E-state index in [9.17, 15) is 14.0 Å². The average Bonchev–Trinajstić information content (AvgIpc) is 3.31. The molecule has 0 spiro atoms. The van der Waals surface area contributed by atoms with Gasteiger partial charge in [-0.2, -0.15) is 4.39 Å². The summed E-state index contributed by atoms with van der Waals surface area (Å²) in [6, 6.07) is 5.50. The molecular weight excluding hydrogens is 391 g/mol. The molecule has 9 heteroatoms. The standard InChI is InChI=1S/C21H25FN4O4/c1-12-19(22)20(28)24-21(23-12)26-10-14-8-25(9-15(14)11-26)18(27)7-13-4-5-16(29-2)17(6-13)30-3/h4-6,14-15H,7-11H2,1-3H3,(H,23,24,28). The molecule has 1 aromatic carbocycles. The lowest BCUT2D eigenvalue weighted by atomic mass is 10.0. The SMILES string of the molecule is COc1ccc(CC(=O)N2CC3CN(c4nc(C)c(F)c(=O)[nH]4)CC3C2)cc1OC. The number of nitrogens with one attached hydrogen (secondary N) is 1. The molecule has 2 unspecified atom stereocenters. The first-order valence-corrected chi connectivity index (χ1v) is 9.89. The van der Waals surface area contributed by atoms with Gasteiger partial charge in [0.05, 0.1) is 26.3 Å². The van der Waals surface area contributed by atoms with Crippen LogP contribution in [0.2, 0.25) is 0 Å². The Labute approximate surface area is 173 Å². The Morgan fingerprint density at radius 3 is 2.43 bits per heavy atom. The van der Waals surface area contributed by atoms with Crippen molar-refractivity contribution in [3.8, 4) is 11.5 Å². The molecule has 2 aliphatic heterocycles. The van der Waals surface area contributed by atoms with Crippen LogP contribution in [-0.2, 0) is 11.2 Å². The maximum absolute atomic E-state index is 13.6. The molecule has 2 atom stereocenters. The van der Waals surface area contributed by atoms with E-state index < -0.39 is 11.4 Å². The van der Waals surface area contributed by atoms with Crippen molar-refractivity contribution in [2.24, 2.45) is 11.8 Å². The largest absolute Gasteiger partial charge is 0.493 e.